The molecule has 1 aliphatic heterocycles. The van der Waals surface area contributed by atoms with E-state index in [1.807, 2.05) is 6.92 Å². The molecule has 2 rings (SSSR count). The zero-order chi connectivity index (χ0) is 14.3. The van der Waals surface area contributed by atoms with E-state index in [0.29, 0.717) is 24.0 Å². The van der Waals surface area contributed by atoms with Crippen LogP contribution in [-0.4, -0.2) is 50.0 Å². The van der Waals surface area contributed by atoms with Crippen molar-refractivity contribution in [2.45, 2.75) is 52.1 Å². The van der Waals surface area contributed by atoms with Crippen LogP contribution in [0.5, 0.6) is 0 Å². The van der Waals surface area contributed by atoms with Crippen molar-refractivity contribution in [1.82, 2.24) is 4.90 Å². The van der Waals surface area contributed by atoms with Crippen LogP contribution in [-0.2, 0) is 9.84 Å². The van der Waals surface area contributed by atoms with E-state index in [0.717, 1.165) is 6.54 Å². The lowest BCUT2D eigenvalue weighted by Crippen LogP contribution is -2.54. The van der Waals surface area contributed by atoms with E-state index in [4.69, 9.17) is 5.73 Å². The van der Waals surface area contributed by atoms with Gasteiger partial charge in [0.1, 0.15) is 0 Å². The molecule has 3 atom stereocenters. The third-order valence-corrected chi connectivity index (χ3v) is 6.88. The minimum absolute atomic E-state index is 0.135. The number of nitrogens with zero attached hydrogens (tertiary/aromatic N) is 1. The van der Waals surface area contributed by atoms with Crippen LogP contribution in [0, 0.1) is 11.3 Å². The maximum absolute atomic E-state index is 11.6. The molecule has 2 aliphatic rings. The molecule has 2 fully saturated rings. The number of rotatable bonds is 2. The molecule has 1 saturated heterocycles. The van der Waals surface area contributed by atoms with E-state index in [2.05, 4.69) is 18.7 Å². The normalized spacial score (nSPS) is 39.1. The fourth-order valence-electron chi connectivity index (χ4n) is 3.61. The second kappa shape index (κ2) is 5.34. The van der Waals surface area contributed by atoms with Crippen LogP contribution in [0.4, 0.5) is 0 Å². The molecule has 1 aliphatic carbocycles. The van der Waals surface area contributed by atoms with Gasteiger partial charge in [0.05, 0.1) is 11.5 Å². The van der Waals surface area contributed by atoms with E-state index in [1.165, 1.54) is 19.3 Å². The Bertz CT molecular complexity index is 419. The summed E-state index contributed by atoms with van der Waals surface area (Å²) in [5, 5.41) is 0. The predicted molar refractivity (Wildman–Crippen MR) is 78.8 cm³/mol. The second-order valence-electron chi connectivity index (χ2n) is 7.12. The Labute approximate surface area is 117 Å². The number of nitrogens with two attached hydrogens (primary N) is 1. The average molecular weight is 288 g/mol. The molecule has 0 aromatic heterocycles. The van der Waals surface area contributed by atoms with Gasteiger partial charge in [-0.05, 0) is 31.1 Å². The van der Waals surface area contributed by atoms with Crippen molar-refractivity contribution in [3.63, 3.8) is 0 Å². The van der Waals surface area contributed by atoms with Crippen LogP contribution in [0.15, 0.2) is 0 Å². The zero-order valence-electron chi connectivity index (χ0n) is 12.4. The molecule has 0 radical (unpaired) electrons. The quantitative estimate of drug-likeness (QED) is 0.831. The lowest BCUT2D eigenvalue weighted by atomic mass is 9.68. The highest BCUT2D eigenvalue weighted by Gasteiger charge is 2.38. The third kappa shape index (κ3) is 3.50. The highest BCUT2D eigenvalue weighted by molar-refractivity contribution is 7.91. The molecule has 4 nitrogen and oxygen atoms in total. The van der Waals surface area contributed by atoms with Crippen molar-refractivity contribution in [3.05, 3.63) is 0 Å². The predicted octanol–water partition coefficient (Wildman–Crippen LogP) is 1.26. The highest BCUT2D eigenvalue weighted by atomic mass is 32.2. The Morgan fingerprint density at radius 3 is 2.68 bits per heavy atom. The van der Waals surface area contributed by atoms with Gasteiger partial charge in [-0.15, -0.1) is 0 Å². The maximum atomic E-state index is 11.6. The van der Waals surface area contributed by atoms with Gasteiger partial charge in [0.2, 0.25) is 0 Å². The van der Waals surface area contributed by atoms with Crippen LogP contribution >= 0.6 is 0 Å². The molecule has 2 N–H and O–H groups in total. The van der Waals surface area contributed by atoms with Crippen molar-refractivity contribution in [1.29, 1.82) is 0 Å². The molecule has 1 saturated carbocycles. The molecule has 112 valence electrons. The summed E-state index contributed by atoms with van der Waals surface area (Å²) >= 11 is 0. The summed E-state index contributed by atoms with van der Waals surface area (Å²) in [7, 11) is -2.81. The van der Waals surface area contributed by atoms with Gasteiger partial charge in [0, 0.05) is 25.2 Å². The van der Waals surface area contributed by atoms with Crippen molar-refractivity contribution in [2.24, 2.45) is 17.1 Å². The molecule has 0 spiro atoms. The lowest BCUT2D eigenvalue weighted by molar-refractivity contribution is 0.0914. The molecule has 5 heteroatoms. The van der Waals surface area contributed by atoms with Gasteiger partial charge in [0.15, 0.2) is 9.84 Å². The standard InChI is InChI=1S/C14H28N2O2S/c1-11-10-19(17,18)8-7-16(11)9-12-5-4-6-14(2,3)13(12)15/h11-13H,4-10,15H2,1-3H3. The van der Waals surface area contributed by atoms with Crippen molar-refractivity contribution in [3.8, 4) is 0 Å². The van der Waals surface area contributed by atoms with Gasteiger partial charge in [0.25, 0.3) is 0 Å². The summed E-state index contributed by atoms with van der Waals surface area (Å²) in [6, 6.07) is 0.364. The first-order chi connectivity index (χ1) is 8.71. The molecule has 19 heavy (non-hydrogen) atoms. The Morgan fingerprint density at radius 1 is 1.37 bits per heavy atom. The SMILES string of the molecule is CC1CS(=O)(=O)CCN1CC1CCCC(C)(C)C1N. The van der Waals surface area contributed by atoms with E-state index < -0.39 is 9.84 Å². The Morgan fingerprint density at radius 2 is 2.05 bits per heavy atom. The van der Waals surface area contributed by atoms with Crippen LogP contribution in [0.1, 0.15) is 40.0 Å². The van der Waals surface area contributed by atoms with Gasteiger partial charge in [-0.2, -0.15) is 0 Å². The van der Waals surface area contributed by atoms with Crippen LogP contribution in [0.3, 0.4) is 0 Å². The third-order valence-electron chi connectivity index (χ3n) is 5.08. The summed E-state index contributed by atoms with van der Waals surface area (Å²) in [6.45, 7) is 8.17. The fraction of sp³-hybridized carbons (Fsp3) is 1.00. The molecular formula is C14H28N2O2S. The van der Waals surface area contributed by atoms with E-state index in [9.17, 15) is 8.42 Å². The van der Waals surface area contributed by atoms with Crippen LogP contribution < -0.4 is 5.73 Å². The van der Waals surface area contributed by atoms with Gasteiger partial charge in [-0.25, -0.2) is 8.42 Å². The largest absolute Gasteiger partial charge is 0.327 e. The zero-order valence-corrected chi connectivity index (χ0v) is 13.2. The summed E-state index contributed by atoms with van der Waals surface area (Å²) < 4.78 is 23.2. The number of hydrogen-bond acceptors (Lipinski definition) is 4. The molecule has 3 unspecified atom stereocenters. The van der Waals surface area contributed by atoms with Gasteiger partial charge in [-0.3, -0.25) is 4.90 Å². The van der Waals surface area contributed by atoms with E-state index in [1.54, 1.807) is 0 Å². The Balaban J connectivity index is 1.98. The van der Waals surface area contributed by atoms with Crippen molar-refractivity contribution < 1.29 is 8.42 Å². The summed E-state index contributed by atoms with van der Waals surface area (Å²) in [5.74, 6) is 1.12. The molecule has 0 amide bonds. The monoisotopic (exact) mass is 288 g/mol. The minimum atomic E-state index is -2.81. The van der Waals surface area contributed by atoms with E-state index in [-0.39, 0.29) is 17.5 Å². The van der Waals surface area contributed by atoms with Gasteiger partial charge >= 0.3 is 0 Å². The summed E-state index contributed by atoms with van der Waals surface area (Å²) in [4.78, 5) is 2.33. The summed E-state index contributed by atoms with van der Waals surface area (Å²) in [5.41, 5.74) is 6.64. The second-order valence-corrected chi connectivity index (χ2v) is 9.35. The maximum Gasteiger partial charge on any atom is 0.153 e. The van der Waals surface area contributed by atoms with Crippen molar-refractivity contribution in [2.75, 3.05) is 24.6 Å². The first kappa shape index (κ1) is 15.3. The molecule has 0 aromatic carbocycles. The smallest absolute Gasteiger partial charge is 0.153 e. The summed E-state index contributed by atoms with van der Waals surface area (Å²) in [6.07, 6.45) is 3.63. The topological polar surface area (TPSA) is 63.4 Å². The first-order valence-electron chi connectivity index (χ1n) is 7.41. The first-order valence-corrected chi connectivity index (χ1v) is 9.23. The molecule has 0 aromatic rings. The van der Waals surface area contributed by atoms with Crippen molar-refractivity contribution >= 4 is 9.84 Å². The average Bonchev–Trinajstić information content (AvgIpc) is 2.27. The minimum Gasteiger partial charge on any atom is -0.327 e. The number of sulfone groups is 1. The molecule has 1 heterocycles. The molecular weight excluding hydrogens is 260 g/mol. The molecule has 0 bridgehead atoms. The fourth-order valence-corrected chi connectivity index (χ4v) is 5.24. The van der Waals surface area contributed by atoms with E-state index >= 15 is 0 Å². The number of hydrogen-bond donors (Lipinski definition) is 1. The van der Waals surface area contributed by atoms with Gasteiger partial charge in [-0.1, -0.05) is 20.3 Å². The highest BCUT2D eigenvalue weighted by Crippen LogP contribution is 2.38. The Kier molecular flexibility index (Phi) is 4.29. The lowest BCUT2D eigenvalue weighted by Gasteiger charge is -2.45. The van der Waals surface area contributed by atoms with Gasteiger partial charge < -0.3 is 5.73 Å². The van der Waals surface area contributed by atoms with Crippen LogP contribution in [0.25, 0.3) is 0 Å². The Hall–Kier alpha value is -0.130. The van der Waals surface area contributed by atoms with Crippen LogP contribution in [0.2, 0.25) is 0 Å².